The van der Waals surface area contributed by atoms with Crippen LogP contribution in [0.4, 0.5) is 4.39 Å². The second kappa shape index (κ2) is 3.12. The van der Waals surface area contributed by atoms with Crippen molar-refractivity contribution in [2.24, 2.45) is 5.73 Å². The average molecular weight is 159 g/mol. The molecule has 1 heterocycles. The third kappa shape index (κ3) is 1.55. The lowest BCUT2D eigenvalue weighted by Crippen LogP contribution is -2.06. The Morgan fingerprint density at radius 1 is 1.80 bits per heavy atom. The van der Waals surface area contributed by atoms with Crippen LogP contribution >= 0.6 is 11.3 Å². The summed E-state index contributed by atoms with van der Waals surface area (Å²) in [7, 11) is 0. The minimum Gasteiger partial charge on any atom is -0.327 e. The summed E-state index contributed by atoms with van der Waals surface area (Å²) in [5.74, 6) is 0. The molecule has 0 aliphatic heterocycles. The first kappa shape index (κ1) is 7.69. The molecule has 2 N–H and O–H groups in total. The second-order valence-electron chi connectivity index (χ2n) is 2.19. The van der Waals surface area contributed by atoms with E-state index in [2.05, 4.69) is 0 Å². The lowest BCUT2D eigenvalue weighted by molar-refractivity contribution is 0.353. The van der Waals surface area contributed by atoms with Crippen molar-refractivity contribution >= 4 is 11.3 Å². The molecule has 0 aliphatic rings. The zero-order valence-corrected chi connectivity index (χ0v) is 6.62. The Balaban J connectivity index is 2.74. The Bertz CT molecular complexity index is 209. The van der Waals surface area contributed by atoms with Crippen molar-refractivity contribution in [2.75, 3.05) is 6.54 Å². The number of rotatable bonds is 2. The van der Waals surface area contributed by atoms with Crippen molar-refractivity contribution in [1.82, 2.24) is 0 Å². The molecule has 3 heteroatoms. The Morgan fingerprint density at radius 2 is 2.50 bits per heavy atom. The van der Waals surface area contributed by atoms with Gasteiger partial charge in [-0.2, -0.15) is 0 Å². The lowest BCUT2D eigenvalue weighted by atomic mass is 10.2. The van der Waals surface area contributed by atoms with Gasteiger partial charge in [-0.3, -0.25) is 0 Å². The molecule has 0 aliphatic carbocycles. The van der Waals surface area contributed by atoms with E-state index in [0.717, 1.165) is 4.88 Å². The maximum Gasteiger partial charge on any atom is 0.138 e. The second-order valence-corrected chi connectivity index (χ2v) is 3.31. The standard InChI is InChI=1S/C7H10FNS/c1-5-2-6(4-10-5)7(8)3-9/h2,4,7H,3,9H2,1H3. The molecule has 0 radical (unpaired) electrons. The van der Waals surface area contributed by atoms with Crippen LogP contribution < -0.4 is 5.73 Å². The predicted octanol–water partition coefficient (Wildman–Crippen LogP) is 2.03. The normalized spacial score (nSPS) is 13.5. The molecular weight excluding hydrogens is 149 g/mol. The van der Waals surface area contributed by atoms with Crippen LogP contribution in [-0.2, 0) is 0 Å². The van der Waals surface area contributed by atoms with E-state index in [1.54, 1.807) is 11.3 Å². The van der Waals surface area contributed by atoms with E-state index in [1.165, 1.54) is 0 Å². The summed E-state index contributed by atoms with van der Waals surface area (Å²) >= 11 is 1.55. The average Bonchev–Trinajstić information content (AvgIpc) is 2.34. The van der Waals surface area contributed by atoms with Crippen molar-refractivity contribution in [3.63, 3.8) is 0 Å². The molecule has 1 nitrogen and oxygen atoms in total. The van der Waals surface area contributed by atoms with E-state index < -0.39 is 6.17 Å². The highest BCUT2D eigenvalue weighted by Crippen LogP contribution is 2.21. The largest absolute Gasteiger partial charge is 0.327 e. The lowest BCUT2D eigenvalue weighted by Gasteiger charge is -1.98. The molecule has 0 spiro atoms. The van der Waals surface area contributed by atoms with Gasteiger partial charge in [0, 0.05) is 11.4 Å². The molecule has 1 aromatic rings. The van der Waals surface area contributed by atoms with Gasteiger partial charge >= 0.3 is 0 Å². The summed E-state index contributed by atoms with van der Waals surface area (Å²) in [6, 6.07) is 1.84. The fourth-order valence-corrected chi connectivity index (χ4v) is 1.51. The quantitative estimate of drug-likeness (QED) is 0.702. The van der Waals surface area contributed by atoms with Crippen LogP contribution in [0.15, 0.2) is 11.4 Å². The molecule has 1 aromatic heterocycles. The van der Waals surface area contributed by atoms with Crippen LogP contribution in [0, 0.1) is 6.92 Å². The first-order chi connectivity index (χ1) is 4.74. The zero-order chi connectivity index (χ0) is 7.56. The summed E-state index contributed by atoms with van der Waals surface area (Å²) in [6.45, 7) is 2.04. The van der Waals surface area contributed by atoms with E-state index in [-0.39, 0.29) is 6.54 Å². The Kier molecular flexibility index (Phi) is 2.40. The van der Waals surface area contributed by atoms with Crippen LogP contribution in [0.25, 0.3) is 0 Å². The van der Waals surface area contributed by atoms with Crippen molar-refractivity contribution in [2.45, 2.75) is 13.1 Å². The van der Waals surface area contributed by atoms with Gasteiger partial charge in [0.25, 0.3) is 0 Å². The van der Waals surface area contributed by atoms with Crippen molar-refractivity contribution in [1.29, 1.82) is 0 Å². The minimum atomic E-state index is -0.982. The van der Waals surface area contributed by atoms with Crippen molar-refractivity contribution in [3.05, 3.63) is 21.9 Å². The van der Waals surface area contributed by atoms with Gasteiger partial charge in [0.05, 0.1) is 0 Å². The van der Waals surface area contributed by atoms with Crippen LogP contribution in [-0.4, -0.2) is 6.54 Å². The predicted molar refractivity (Wildman–Crippen MR) is 42.0 cm³/mol. The third-order valence-corrected chi connectivity index (χ3v) is 2.20. The van der Waals surface area contributed by atoms with Gasteiger partial charge < -0.3 is 5.73 Å². The van der Waals surface area contributed by atoms with E-state index in [4.69, 9.17) is 5.73 Å². The van der Waals surface area contributed by atoms with Crippen LogP contribution in [0.3, 0.4) is 0 Å². The molecule has 0 saturated heterocycles. The van der Waals surface area contributed by atoms with Gasteiger partial charge in [-0.1, -0.05) is 0 Å². The van der Waals surface area contributed by atoms with Gasteiger partial charge in [-0.15, -0.1) is 11.3 Å². The number of aryl methyl sites for hydroxylation is 1. The van der Waals surface area contributed by atoms with Crippen molar-refractivity contribution in [3.8, 4) is 0 Å². The maximum atomic E-state index is 12.8. The number of thiophene rings is 1. The molecular formula is C7H10FNS. The molecule has 56 valence electrons. The summed E-state index contributed by atoms with van der Waals surface area (Å²) in [5, 5.41) is 1.81. The molecule has 1 unspecified atom stereocenters. The van der Waals surface area contributed by atoms with E-state index >= 15 is 0 Å². The van der Waals surface area contributed by atoms with Crippen LogP contribution in [0.5, 0.6) is 0 Å². The van der Waals surface area contributed by atoms with E-state index in [9.17, 15) is 4.39 Å². The molecule has 0 bridgehead atoms. The SMILES string of the molecule is Cc1cc(C(F)CN)cs1. The number of alkyl halides is 1. The summed E-state index contributed by atoms with van der Waals surface area (Å²) in [6.07, 6.45) is -0.982. The number of hydrogen-bond acceptors (Lipinski definition) is 2. The fourth-order valence-electron chi connectivity index (χ4n) is 0.764. The Morgan fingerprint density at radius 3 is 2.90 bits per heavy atom. The molecule has 0 amide bonds. The summed E-state index contributed by atoms with van der Waals surface area (Å²) in [4.78, 5) is 1.13. The molecule has 10 heavy (non-hydrogen) atoms. The Labute approximate surface area is 63.7 Å². The first-order valence-electron chi connectivity index (χ1n) is 3.13. The molecule has 0 fully saturated rings. The van der Waals surface area contributed by atoms with E-state index in [0.29, 0.717) is 5.56 Å². The Hall–Kier alpha value is -0.410. The molecule has 1 atom stereocenters. The third-order valence-electron chi connectivity index (χ3n) is 1.32. The molecule has 1 rings (SSSR count). The highest BCUT2D eigenvalue weighted by atomic mass is 32.1. The highest BCUT2D eigenvalue weighted by Gasteiger charge is 2.07. The summed E-state index contributed by atoms with van der Waals surface area (Å²) in [5.41, 5.74) is 5.86. The molecule has 0 aromatic carbocycles. The van der Waals surface area contributed by atoms with E-state index in [1.807, 2.05) is 18.4 Å². The van der Waals surface area contributed by atoms with Gasteiger partial charge in [0.1, 0.15) is 6.17 Å². The van der Waals surface area contributed by atoms with Gasteiger partial charge in [-0.05, 0) is 23.9 Å². The first-order valence-corrected chi connectivity index (χ1v) is 4.01. The zero-order valence-electron chi connectivity index (χ0n) is 5.80. The van der Waals surface area contributed by atoms with Gasteiger partial charge in [0.2, 0.25) is 0 Å². The smallest absolute Gasteiger partial charge is 0.138 e. The van der Waals surface area contributed by atoms with Gasteiger partial charge in [-0.25, -0.2) is 4.39 Å². The highest BCUT2D eigenvalue weighted by molar-refractivity contribution is 7.10. The monoisotopic (exact) mass is 159 g/mol. The number of nitrogens with two attached hydrogens (primary N) is 1. The van der Waals surface area contributed by atoms with Gasteiger partial charge in [0.15, 0.2) is 0 Å². The maximum absolute atomic E-state index is 12.8. The summed E-state index contributed by atoms with van der Waals surface area (Å²) < 4.78 is 12.8. The topological polar surface area (TPSA) is 26.0 Å². The van der Waals surface area contributed by atoms with Crippen molar-refractivity contribution < 1.29 is 4.39 Å². The van der Waals surface area contributed by atoms with Crippen LogP contribution in [0.1, 0.15) is 16.6 Å². The minimum absolute atomic E-state index is 0.0795. The fraction of sp³-hybridized carbons (Fsp3) is 0.429. The number of halogens is 1. The van der Waals surface area contributed by atoms with Crippen LogP contribution in [0.2, 0.25) is 0 Å². The molecule has 0 saturated carbocycles. The number of hydrogen-bond donors (Lipinski definition) is 1.